The molecule has 0 radical (unpaired) electrons. The molecule has 0 aliphatic heterocycles. The maximum Gasteiger partial charge on any atom is 0.217 e. The predicted octanol–water partition coefficient (Wildman–Crippen LogP) is 0.711. The van der Waals surface area contributed by atoms with E-state index in [2.05, 4.69) is 9.69 Å². The van der Waals surface area contributed by atoms with Crippen LogP contribution < -0.4 is 16.8 Å². The van der Waals surface area contributed by atoms with Gasteiger partial charge in [-0.25, -0.2) is 0 Å². The fraction of sp³-hybridized carbons (Fsp3) is 0.500. The zero-order valence-electron chi connectivity index (χ0n) is 8.04. The van der Waals surface area contributed by atoms with E-state index in [-0.39, 0.29) is 5.91 Å². The normalized spacial score (nSPS) is 10.1. The smallest absolute Gasteiger partial charge is 0.217 e. The third-order valence-corrected chi connectivity index (χ3v) is 2.77. The highest BCUT2D eigenvalue weighted by Crippen LogP contribution is 2.24. The molecule has 6 heteroatoms. The van der Waals surface area contributed by atoms with Gasteiger partial charge in [0, 0.05) is 18.5 Å². The zero-order chi connectivity index (χ0) is 10.6. The van der Waals surface area contributed by atoms with Gasteiger partial charge < -0.3 is 16.8 Å². The molecule has 1 rings (SSSR count). The summed E-state index contributed by atoms with van der Waals surface area (Å²) in [4.78, 5) is 10.4. The van der Waals surface area contributed by atoms with E-state index in [0.29, 0.717) is 18.8 Å². The molecule has 0 fully saturated rings. The van der Waals surface area contributed by atoms with E-state index in [0.717, 1.165) is 17.0 Å². The number of aromatic nitrogens is 1. The molecule has 1 heterocycles. The first-order valence-electron chi connectivity index (χ1n) is 4.35. The number of carbonyl (C=O) groups is 1. The Morgan fingerprint density at radius 3 is 2.86 bits per heavy atom. The van der Waals surface area contributed by atoms with Crippen molar-refractivity contribution in [3.8, 4) is 0 Å². The molecular formula is C8H14N4OS. The van der Waals surface area contributed by atoms with E-state index in [1.54, 1.807) is 0 Å². The monoisotopic (exact) mass is 214 g/mol. The largest absolute Gasteiger partial charge is 0.383 e. The molecule has 78 valence electrons. The minimum atomic E-state index is -0.271. The van der Waals surface area contributed by atoms with Crippen LogP contribution in [0.2, 0.25) is 0 Å². The highest BCUT2D eigenvalue weighted by atomic mass is 32.1. The molecule has 0 aliphatic rings. The van der Waals surface area contributed by atoms with E-state index in [4.69, 9.17) is 11.5 Å². The number of hydrogen-bond acceptors (Lipinski definition) is 5. The third kappa shape index (κ3) is 2.88. The minimum Gasteiger partial charge on any atom is -0.383 e. The summed E-state index contributed by atoms with van der Waals surface area (Å²) in [6, 6.07) is 0. The summed E-state index contributed by atoms with van der Waals surface area (Å²) in [5.41, 5.74) is 11.6. The second-order valence-corrected chi connectivity index (χ2v) is 3.79. The first-order valence-corrected chi connectivity index (χ1v) is 5.12. The molecule has 0 spiro atoms. The van der Waals surface area contributed by atoms with Crippen LogP contribution in [-0.4, -0.2) is 16.8 Å². The molecule has 0 saturated heterocycles. The Bertz CT molecular complexity index is 323. The topological polar surface area (TPSA) is 94.0 Å². The molecule has 0 saturated carbocycles. The van der Waals surface area contributed by atoms with E-state index < -0.39 is 0 Å². The molecule has 5 N–H and O–H groups in total. The van der Waals surface area contributed by atoms with Gasteiger partial charge in [-0.1, -0.05) is 0 Å². The van der Waals surface area contributed by atoms with Gasteiger partial charge in [0.1, 0.15) is 10.8 Å². The van der Waals surface area contributed by atoms with Crippen molar-refractivity contribution in [3.05, 3.63) is 5.56 Å². The number of nitrogens with two attached hydrogens (primary N) is 2. The second kappa shape index (κ2) is 4.80. The van der Waals surface area contributed by atoms with E-state index in [1.807, 2.05) is 6.92 Å². The van der Waals surface area contributed by atoms with Crippen LogP contribution in [0, 0.1) is 6.92 Å². The number of nitrogens with zero attached hydrogens (tertiary/aromatic N) is 1. The fourth-order valence-electron chi connectivity index (χ4n) is 0.977. The number of rotatable bonds is 5. The van der Waals surface area contributed by atoms with Crippen molar-refractivity contribution < 1.29 is 4.79 Å². The van der Waals surface area contributed by atoms with Crippen molar-refractivity contribution in [2.45, 2.75) is 19.8 Å². The number of nitrogen functional groups attached to an aromatic ring is 1. The number of hydrogen-bond donors (Lipinski definition) is 3. The Labute approximate surface area is 86.6 Å². The van der Waals surface area contributed by atoms with Crippen LogP contribution >= 0.6 is 11.5 Å². The summed E-state index contributed by atoms with van der Waals surface area (Å²) in [7, 11) is 0. The number of carbonyl (C=O) groups excluding carboxylic acids is 1. The summed E-state index contributed by atoms with van der Waals surface area (Å²) in [5, 5.41) is 4.12. The lowest BCUT2D eigenvalue weighted by molar-refractivity contribution is -0.118. The van der Waals surface area contributed by atoms with Crippen LogP contribution in [0.3, 0.4) is 0 Å². The Morgan fingerprint density at radius 2 is 2.36 bits per heavy atom. The lowest BCUT2D eigenvalue weighted by Gasteiger charge is -2.02. The number of nitrogens with one attached hydrogen (secondary N) is 1. The van der Waals surface area contributed by atoms with Gasteiger partial charge in [-0.15, -0.1) is 0 Å². The highest BCUT2D eigenvalue weighted by Gasteiger charge is 2.05. The molecule has 0 bridgehead atoms. The SMILES string of the molecule is Cc1c(N)nsc1NCCCC(N)=O. The minimum absolute atomic E-state index is 0.271. The first-order chi connectivity index (χ1) is 6.61. The average molecular weight is 214 g/mol. The van der Waals surface area contributed by atoms with Crippen molar-refractivity contribution in [2.75, 3.05) is 17.6 Å². The number of primary amides is 1. The van der Waals surface area contributed by atoms with Crippen LogP contribution in [0.25, 0.3) is 0 Å². The van der Waals surface area contributed by atoms with Crippen molar-refractivity contribution >= 4 is 28.3 Å². The second-order valence-electron chi connectivity index (χ2n) is 3.02. The highest BCUT2D eigenvalue weighted by molar-refractivity contribution is 7.10. The lowest BCUT2D eigenvalue weighted by Crippen LogP contribution is -2.12. The van der Waals surface area contributed by atoms with Crippen LogP contribution in [0.15, 0.2) is 0 Å². The van der Waals surface area contributed by atoms with E-state index in [1.165, 1.54) is 11.5 Å². The van der Waals surface area contributed by atoms with Crippen molar-refractivity contribution in [2.24, 2.45) is 5.73 Å². The molecule has 0 aliphatic carbocycles. The Hall–Kier alpha value is -1.30. The third-order valence-electron chi connectivity index (χ3n) is 1.85. The summed E-state index contributed by atoms with van der Waals surface area (Å²) >= 11 is 1.33. The molecule has 0 aromatic carbocycles. The van der Waals surface area contributed by atoms with Crippen molar-refractivity contribution in [3.63, 3.8) is 0 Å². The molecule has 1 amide bonds. The lowest BCUT2D eigenvalue weighted by atomic mass is 10.3. The van der Waals surface area contributed by atoms with Crippen LogP contribution in [0.1, 0.15) is 18.4 Å². The Kier molecular flexibility index (Phi) is 3.70. The van der Waals surface area contributed by atoms with Gasteiger partial charge in [0.05, 0.1) is 0 Å². The molecule has 1 aromatic heterocycles. The first kappa shape index (κ1) is 10.8. The maximum atomic E-state index is 10.4. The van der Waals surface area contributed by atoms with Gasteiger partial charge in [-0.3, -0.25) is 4.79 Å². The Morgan fingerprint density at radius 1 is 1.64 bits per heavy atom. The molecule has 14 heavy (non-hydrogen) atoms. The quantitative estimate of drug-likeness (QED) is 0.629. The van der Waals surface area contributed by atoms with Gasteiger partial charge in [0.15, 0.2) is 0 Å². The van der Waals surface area contributed by atoms with Crippen molar-refractivity contribution in [1.82, 2.24) is 4.37 Å². The summed E-state index contributed by atoms with van der Waals surface area (Å²) < 4.78 is 4.00. The number of anilines is 2. The van der Waals surface area contributed by atoms with E-state index >= 15 is 0 Å². The average Bonchev–Trinajstić information content (AvgIpc) is 2.43. The van der Waals surface area contributed by atoms with Gasteiger partial charge >= 0.3 is 0 Å². The predicted molar refractivity (Wildman–Crippen MR) is 58.2 cm³/mol. The van der Waals surface area contributed by atoms with Crippen LogP contribution in [0.5, 0.6) is 0 Å². The summed E-state index contributed by atoms with van der Waals surface area (Å²) in [6.07, 6.45) is 1.13. The van der Waals surface area contributed by atoms with E-state index in [9.17, 15) is 4.79 Å². The van der Waals surface area contributed by atoms with Gasteiger partial charge in [-0.05, 0) is 24.9 Å². The molecule has 0 unspecified atom stereocenters. The summed E-state index contributed by atoms with van der Waals surface area (Å²) in [5.74, 6) is 0.291. The molecule has 5 nitrogen and oxygen atoms in total. The van der Waals surface area contributed by atoms with Crippen molar-refractivity contribution in [1.29, 1.82) is 0 Å². The summed E-state index contributed by atoms with van der Waals surface area (Å²) in [6.45, 7) is 2.63. The van der Waals surface area contributed by atoms with Gasteiger partial charge in [-0.2, -0.15) is 4.37 Å². The van der Waals surface area contributed by atoms with Gasteiger partial charge in [0.2, 0.25) is 5.91 Å². The molecular weight excluding hydrogens is 200 g/mol. The standard InChI is InChI=1S/C8H14N4OS/c1-5-7(10)12-14-8(5)11-4-2-3-6(9)13/h11H,2-4H2,1H3,(H2,9,13)(H2,10,12). The van der Waals surface area contributed by atoms with Gasteiger partial charge in [0.25, 0.3) is 0 Å². The fourth-order valence-corrected chi connectivity index (χ4v) is 1.71. The molecule has 1 aromatic rings. The Balaban J connectivity index is 2.31. The molecule has 0 atom stereocenters. The number of amides is 1. The van der Waals surface area contributed by atoms with Crippen LogP contribution in [-0.2, 0) is 4.79 Å². The zero-order valence-corrected chi connectivity index (χ0v) is 8.86. The van der Waals surface area contributed by atoms with Crippen LogP contribution in [0.4, 0.5) is 10.8 Å². The maximum absolute atomic E-state index is 10.4.